The summed E-state index contributed by atoms with van der Waals surface area (Å²) in [5.74, 6) is -0.0470. The van der Waals surface area contributed by atoms with Crippen LogP contribution < -0.4 is 9.80 Å². The molecule has 0 fully saturated rings. The SMILES string of the molecule is CCCN1C(=O)C2(OCc3ccccc3N2C(=O)/C=C/c2ccco2)c2ccccc21. The lowest BCUT2D eigenvalue weighted by atomic mass is 9.97. The summed E-state index contributed by atoms with van der Waals surface area (Å²) < 4.78 is 11.6. The maximum Gasteiger partial charge on any atom is 0.286 e. The lowest BCUT2D eigenvalue weighted by Crippen LogP contribution is -2.59. The molecule has 2 amide bonds. The Kier molecular flexibility index (Phi) is 4.71. The second-order valence-corrected chi connectivity index (χ2v) is 7.56. The number of rotatable bonds is 4. The topological polar surface area (TPSA) is 63.0 Å². The molecule has 3 heterocycles. The predicted octanol–water partition coefficient (Wildman–Crippen LogP) is 4.47. The monoisotopic (exact) mass is 414 g/mol. The summed E-state index contributed by atoms with van der Waals surface area (Å²) in [6.45, 7) is 2.81. The van der Waals surface area contributed by atoms with Gasteiger partial charge in [-0.3, -0.25) is 14.5 Å². The maximum atomic E-state index is 13.9. The van der Waals surface area contributed by atoms with Crippen LogP contribution in [0.1, 0.15) is 30.2 Å². The molecule has 0 N–H and O–H groups in total. The largest absolute Gasteiger partial charge is 0.465 e. The third-order valence-electron chi connectivity index (χ3n) is 5.68. The zero-order valence-electron chi connectivity index (χ0n) is 17.2. The highest BCUT2D eigenvalue weighted by Crippen LogP contribution is 2.50. The van der Waals surface area contributed by atoms with Crippen molar-refractivity contribution in [3.8, 4) is 0 Å². The zero-order valence-corrected chi connectivity index (χ0v) is 17.2. The Morgan fingerprint density at radius 1 is 1.06 bits per heavy atom. The number of para-hydroxylation sites is 2. The van der Waals surface area contributed by atoms with Gasteiger partial charge in [-0.2, -0.15) is 0 Å². The Bertz CT molecular complexity index is 1170. The van der Waals surface area contributed by atoms with Gasteiger partial charge in [0.1, 0.15) is 5.76 Å². The van der Waals surface area contributed by atoms with E-state index >= 15 is 0 Å². The van der Waals surface area contributed by atoms with Crippen LogP contribution in [0.25, 0.3) is 6.08 Å². The molecular weight excluding hydrogens is 392 g/mol. The van der Waals surface area contributed by atoms with Crippen LogP contribution in [-0.4, -0.2) is 18.4 Å². The van der Waals surface area contributed by atoms with Crippen LogP contribution in [0.4, 0.5) is 11.4 Å². The molecule has 0 aliphatic carbocycles. The van der Waals surface area contributed by atoms with Crippen LogP contribution in [0.2, 0.25) is 0 Å². The van der Waals surface area contributed by atoms with Gasteiger partial charge in [-0.1, -0.05) is 43.3 Å². The summed E-state index contributed by atoms with van der Waals surface area (Å²) in [7, 11) is 0. The molecule has 2 aromatic carbocycles. The van der Waals surface area contributed by atoms with E-state index in [4.69, 9.17) is 9.15 Å². The molecule has 6 heteroatoms. The molecule has 31 heavy (non-hydrogen) atoms. The van der Waals surface area contributed by atoms with E-state index in [9.17, 15) is 9.59 Å². The van der Waals surface area contributed by atoms with Crippen molar-refractivity contribution in [2.75, 3.05) is 16.3 Å². The summed E-state index contributed by atoms with van der Waals surface area (Å²) in [4.78, 5) is 30.6. The lowest BCUT2D eigenvalue weighted by molar-refractivity contribution is -0.151. The van der Waals surface area contributed by atoms with E-state index in [0.717, 1.165) is 17.7 Å². The highest BCUT2D eigenvalue weighted by molar-refractivity contribution is 6.16. The Hall–Kier alpha value is -3.64. The quantitative estimate of drug-likeness (QED) is 0.591. The van der Waals surface area contributed by atoms with Crippen molar-refractivity contribution in [3.05, 3.63) is 89.9 Å². The first kappa shape index (κ1) is 19.3. The van der Waals surface area contributed by atoms with Gasteiger partial charge in [-0.05, 0) is 36.8 Å². The number of carbonyl (C=O) groups excluding carboxylic acids is 2. The number of ether oxygens (including phenoxy) is 1. The number of hydrogen-bond donors (Lipinski definition) is 0. The smallest absolute Gasteiger partial charge is 0.286 e. The summed E-state index contributed by atoms with van der Waals surface area (Å²) in [5, 5.41) is 0. The van der Waals surface area contributed by atoms with Crippen LogP contribution in [0.5, 0.6) is 0 Å². The van der Waals surface area contributed by atoms with Crippen LogP contribution in [0, 0.1) is 0 Å². The van der Waals surface area contributed by atoms with Gasteiger partial charge in [0.25, 0.3) is 17.5 Å². The van der Waals surface area contributed by atoms with Gasteiger partial charge in [-0.15, -0.1) is 0 Å². The van der Waals surface area contributed by atoms with E-state index in [1.807, 2.05) is 55.5 Å². The van der Waals surface area contributed by atoms with Crippen LogP contribution in [0.15, 0.2) is 77.4 Å². The van der Waals surface area contributed by atoms with Gasteiger partial charge < -0.3 is 14.1 Å². The van der Waals surface area contributed by atoms with Gasteiger partial charge in [-0.25, -0.2) is 0 Å². The summed E-state index contributed by atoms with van der Waals surface area (Å²) in [6, 6.07) is 18.6. The van der Waals surface area contributed by atoms with Crippen molar-refractivity contribution in [2.24, 2.45) is 0 Å². The third kappa shape index (κ3) is 2.91. The number of fused-ring (bicyclic) bond motifs is 3. The van der Waals surface area contributed by atoms with Crippen LogP contribution >= 0.6 is 0 Å². The van der Waals surface area contributed by atoms with Gasteiger partial charge in [0.05, 0.1) is 24.2 Å². The minimum absolute atomic E-state index is 0.238. The molecule has 1 atom stereocenters. The van der Waals surface area contributed by atoms with E-state index in [-0.39, 0.29) is 18.4 Å². The molecule has 0 radical (unpaired) electrons. The molecule has 0 bridgehead atoms. The lowest BCUT2D eigenvalue weighted by Gasteiger charge is -2.43. The van der Waals surface area contributed by atoms with Crippen molar-refractivity contribution in [1.82, 2.24) is 0 Å². The second-order valence-electron chi connectivity index (χ2n) is 7.56. The van der Waals surface area contributed by atoms with E-state index in [1.165, 1.54) is 11.0 Å². The van der Waals surface area contributed by atoms with E-state index < -0.39 is 5.72 Å². The van der Waals surface area contributed by atoms with Crippen molar-refractivity contribution in [2.45, 2.75) is 25.7 Å². The fourth-order valence-electron chi connectivity index (χ4n) is 4.36. The standard InChI is InChI=1S/C25H22N2O4/c1-2-15-26-22-12-6-4-10-20(22)25(24(26)29)27(21-11-5-3-8-18(21)17-31-25)23(28)14-13-19-9-7-16-30-19/h3-14,16H,2,15,17H2,1H3/b14-13+. The van der Waals surface area contributed by atoms with Crippen molar-refractivity contribution in [3.63, 3.8) is 0 Å². The van der Waals surface area contributed by atoms with E-state index in [0.29, 0.717) is 23.6 Å². The number of anilines is 2. The normalized spacial score (nSPS) is 19.8. The van der Waals surface area contributed by atoms with Crippen molar-refractivity contribution in [1.29, 1.82) is 0 Å². The number of amides is 2. The number of furan rings is 1. The first-order valence-corrected chi connectivity index (χ1v) is 10.4. The minimum Gasteiger partial charge on any atom is -0.465 e. The highest BCUT2D eigenvalue weighted by Gasteiger charge is 2.59. The van der Waals surface area contributed by atoms with Gasteiger partial charge in [0.2, 0.25) is 0 Å². The number of hydrogen-bond acceptors (Lipinski definition) is 4. The Labute approximate surface area is 180 Å². The van der Waals surface area contributed by atoms with Gasteiger partial charge in [0, 0.05) is 23.7 Å². The first-order valence-electron chi connectivity index (χ1n) is 10.4. The Morgan fingerprint density at radius 3 is 2.61 bits per heavy atom. The molecule has 1 spiro atoms. The Balaban J connectivity index is 1.68. The van der Waals surface area contributed by atoms with Gasteiger partial charge >= 0.3 is 0 Å². The molecule has 0 saturated heterocycles. The number of nitrogens with zero attached hydrogens (tertiary/aromatic N) is 2. The summed E-state index contributed by atoms with van der Waals surface area (Å²) in [6.07, 6.45) is 5.36. The van der Waals surface area contributed by atoms with Gasteiger partial charge in [0.15, 0.2) is 0 Å². The molecule has 3 aromatic rings. The molecule has 1 unspecified atom stereocenters. The molecule has 2 aliphatic heterocycles. The van der Waals surface area contributed by atoms with Crippen molar-refractivity contribution < 1.29 is 18.7 Å². The fraction of sp³-hybridized carbons (Fsp3) is 0.200. The molecule has 156 valence electrons. The summed E-state index contributed by atoms with van der Waals surface area (Å²) in [5.41, 5.74) is 1.45. The average Bonchev–Trinajstić information content (AvgIpc) is 3.40. The van der Waals surface area contributed by atoms with Crippen molar-refractivity contribution >= 4 is 29.3 Å². The van der Waals surface area contributed by atoms with E-state index in [1.54, 1.807) is 29.4 Å². The molecule has 1 aromatic heterocycles. The Morgan fingerprint density at radius 2 is 1.84 bits per heavy atom. The molecule has 5 rings (SSSR count). The second kappa shape index (κ2) is 7.56. The zero-order chi connectivity index (χ0) is 21.4. The maximum absolute atomic E-state index is 13.9. The molecule has 2 aliphatic rings. The first-order chi connectivity index (χ1) is 15.2. The average molecular weight is 414 g/mol. The summed E-state index contributed by atoms with van der Waals surface area (Å²) >= 11 is 0. The minimum atomic E-state index is -1.54. The predicted molar refractivity (Wildman–Crippen MR) is 117 cm³/mol. The fourth-order valence-corrected chi connectivity index (χ4v) is 4.36. The number of benzene rings is 2. The van der Waals surface area contributed by atoms with E-state index in [2.05, 4.69) is 0 Å². The molecule has 0 saturated carbocycles. The number of carbonyl (C=O) groups is 2. The van der Waals surface area contributed by atoms with Crippen LogP contribution in [0.3, 0.4) is 0 Å². The highest BCUT2D eigenvalue weighted by atomic mass is 16.5. The molecular formula is C25H22N2O4. The van der Waals surface area contributed by atoms with Crippen LogP contribution in [-0.2, 0) is 26.7 Å². The third-order valence-corrected chi connectivity index (χ3v) is 5.68. The molecule has 6 nitrogen and oxygen atoms in total.